The Morgan fingerprint density at radius 3 is 2.62 bits per heavy atom. The summed E-state index contributed by atoms with van der Waals surface area (Å²) in [6.45, 7) is 10.8. The van der Waals surface area contributed by atoms with Gasteiger partial charge in [-0.05, 0) is 42.6 Å². The average Bonchev–Trinajstić information content (AvgIpc) is 2.45. The first-order valence-corrected chi connectivity index (χ1v) is 7.73. The lowest BCUT2D eigenvalue weighted by atomic mass is 10.1. The predicted octanol–water partition coefficient (Wildman–Crippen LogP) is 2.19. The minimum Gasteiger partial charge on any atom is -0.395 e. The number of methoxy groups -OCH3 is 1. The molecule has 1 aromatic carbocycles. The summed E-state index contributed by atoms with van der Waals surface area (Å²) in [5, 5.41) is 12.7. The molecule has 1 rings (SSSR count). The van der Waals surface area contributed by atoms with Crippen LogP contribution in [0.25, 0.3) is 0 Å². The summed E-state index contributed by atoms with van der Waals surface area (Å²) in [5.74, 6) is 0.665. The molecule has 0 fully saturated rings. The van der Waals surface area contributed by atoms with Gasteiger partial charge >= 0.3 is 0 Å². The normalized spacial score (nSPS) is 11.1. The molecule has 4 heteroatoms. The van der Waals surface area contributed by atoms with E-state index in [-0.39, 0.29) is 6.61 Å². The van der Waals surface area contributed by atoms with Gasteiger partial charge < -0.3 is 20.1 Å². The highest BCUT2D eigenvalue weighted by Gasteiger charge is 2.08. The van der Waals surface area contributed by atoms with E-state index in [1.165, 1.54) is 11.1 Å². The Kier molecular flexibility index (Phi) is 8.35. The second-order valence-electron chi connectivity index (χ2n) is 5.84. The maximum atomic E-state index is 9.20. The SMILES string of the molecule is COCCN(CCO)c1ccc(CNCC(C)C)c(C)c1. The Bertz CT molecular complexity index is 408. The first-order chi connectivity index (χ1) is 10.1. The van der Waals surface area contributed by atoms with Crippen LogP contribution in [0.15, 0.2) is 18.2 Å². The summed E-state index contributed by atoms with van der Waals surface area (Å²) in [6, 6.07) is 6.50. The molecule has 0 heterocycles. The Balaban J connectivity index is 2.69. The second-order valence-corrected chi connectivity index (χ2v) is 5.84. The molecule has 0 saturated heterocycles. The van der Waals surface area contributed by atoms with Gasteiger partial charge in [-0.3, -0.25) is 0 Å². The van der Waals surface area contributed by atoms with E-state index in [2.05, 4.69) is 49.2 Å². The van der Waals surface area contributed by atoms with Gasteiger partial charge in [0.15, 0.2) is 0 Å². The van der Waals surface area contributed by atoms with Crippen LogP contribution in [0.5, 0.6) is 0 Å². The number of aliphatic hydroxyl groups is 1. The van der Waals surface area contributed by atoms with Gasteiger partial charge in [0, 0.05) is 32.4 Å². The van der Waals surface area contributed by atoms with E-state index in [9.17, 15) is 5.11 Å². The number of rotatable bonds is 10. The molecule has 0 spiro atoms. The molecule has 0 bridgehead atoms. The van der Waals surface area contributed by atoms with Crippen LogP contribution in [0.3, 0.4) is 0 Å². The molecule has 0 unspecified atom stereocenters. The third kappa shape index (κ3) is 6.46. The number of hydrogen-bond donors (Lipinski definition) is 2. The lowest BCUT2D eigenvalue weighted by Crippen LogP contribution is -2.30. The van der Waals surface area contributed by atoms with Crippen molar-refractivity contribution in [1.29, 1.82) is 0 Å². The zero-order valence-electron chi connectivity index (χ0n) is 13.9. The van der Waals surface area contributed by atoms with E-state index in [0.717, 1.165) is 25.3 Å². The molecule has 1 aromatic rings. The third-order valence-electron chi connectivity index (χ3n) is 3.49. The van der Waals surface area contributed by atoms with E-state index < -0.39 is 0 Å². The number of aryl methyl sites for hydroxylation is 1. The molecule has 120 valence electrons. The van der Waals surface area contributed by atoms with Crippen molar-refractivity contribution in [2.45, 2.75) is 27.3 Å². The molecule has 0 aliphatic rings. The number of nitrogens with one attached hydrogen (secondary N) is 1. The van der Waals surface area contributed by atoms with E-state index in [1.807, 2.05) is 0 Å². The van der Waals surface area contributed by atoms with Gasteiger partial charge in [0.25, 0.3) is 0 Å². The number of nitrogens with zero attached hydrogens (tertiary/aromatic N) is 1. The smallest absolute Gasteiger partial charge is 0.0637 e. The fourth-order valence-electron chi connectivity index (χ4n) is 2.26. The molecule has 21 heavy (non-hydrogen) atoms. The van der Waals surface area contributed by atoms with E-state index in [1.54, 1.807) is 7.11 Å². The van der Waals surface area contributed by atoms with E-state index >= 15 is 0 Å². The van der Waals surface area contributed by atoms with Crippen LogP contribution in [-0.4, -0.2) is 45.1 Å². The van der Waals surface area contributed by atoms with Crippen molar-refractivity contribution >= 4 is 5.69 Å². The summed E-state index contributed by atoms with van der Waals surface area (Å²) in [6.07, 6.45) is 0. The molecule has 0 aliphatic carbocycles. The largest absolute Gasteiger partial charge is 0.395 e. The quantitative estimate of drug-likeness (QED) is 0.694. The molecule has 0 atom stereocenters. The van der Waals surface area contributed by atoms with Crippen molar-refractivity contribution in [3.8, 4) is 0 Å². The number of ether oxygens (including phenoxy) is 1. The van der Waals surface area contributed by atoms with Crippen LogP contribution in [0, 0.1) is 12.8 Å². The zero-order chi connectivity index (χ0) is 15.7. The number of hydrogen-bond acceptors (Lipinski definition) is 4. The molecule has 0 saturated carbocycles. The van der Waals surface area contributed by atoms with Crippen LogP contribution in [0.1, 0.15) is 25.0 Å². The van der Waals surface area contributed by atoms with Crippen molar-refractivity contribution in [2.24, 2.45) is 5.92 Å². The summed E-state index contributed by atoms with van der Waals surface area (Å²) < 4.78 is 5.14. The third-order valence-corrected chi connectivity index (χ3v) is 3.49. The van der Waals surface area contributed by atoms with Gasteiger partial charge in [-0.2, -0.15) is 0 Å². The molecule has 0 amide bonds. The van der Waals surface area contributed by atoms with Crippen molar-refractivity contribution in [3.63, 3.8) is 0 Å². The van der Waals surface area contributed by atoms with Gasteiger partial charge in [0.1, 0.15) is 0 Å². The minimum absolute atomic E-state index is 0.153. The van der Waals surface area contributed by atoms with Gasteiger partial charge in [-0.1, -0.05) is 19.9 Å². The summed E-state index contributed by atoms with van der Waals surface area (Å²) in [7, 11) is 1.70. The molecule has 0 aromatic heterocycles. The van der Waals surface area contributed by atoms with Crippen LogP contribution < -0.4 is 10.2 Å². The predicted molar refractivity (Wildman–Crippen MR) is 88.9 cm³/mol. The summed E-state index contributed by atoms with van der Waals surface area (Å²) in [4.78, 5) is 2.15. The van der Waals surface area contributed by atoms with Gasteiger partial charge in [-0.25, -0.2) is 0 Å². The summed E-state index contributed by atoms with van der Waals surface area (Å²) >= 11 is 0. The Morgan fingerprint density at radius 1 is 1.29 bits per heavy atom. The van der Waals surface area contributed by atoms with E-state index in [0.29, 0.717) is 19.1 Å². The lowest BCUT2D eigenvalue weighted by Gasteiger charge is -2.24. The number of anilines is 1. The second kappa shape index (κ2) is 9.77. The van der Waals surface area contributed by atoms with E-state index in [4.69, 9.17) is 4.74 Å². The summed E-state index contributed by atoms with van der Waals surface area (Å²) in [5.41, 5.74) is 3.76. The molecular formula is C17H30N2O2. The molecular weight excluding hydrogens is 264 g/mol. The van der Waals surface area contributed by atoms with Crippen LogP contribution in [0.2, 0.25) is 0 Å². The zero-order valence-corrected chi connectivity index (χ0v) is 13.9. The Labute approximate surface area is 129 Å². The van der Waals surface area contributed by atoms with Gasteiger partial charge in [0.2, 0.25) is 0 Å². The molecule has 2 N–H and O–H groups in total. The first kappa shape index (κ1) is 18.0. The van der Waals surface area contributed by atoms with Crippen molar-refractivity contribution < 1.29 is 9.84 Å². The monoisotopic (exact) mass is 294 g/mol. The molecule has 0 aliphatic heterocycles. The van der Waals surface area contributed by atoms with Crippen molar-refractivity contribution in [2.75, 3.05) is 44.9 Å². The molecule has 0 radical (unpaired) electrons. The fraction of sp³-hybridized carbons (Fsp3) is 0.647. The highest BCUT2D eigenvalue weighted by molar-refractivity contribution is 5.50. The standard InChI is InChI=1S/C17H30N2O2/c1-14(2)12-18-13-16-5-6-17(11-15(16)3)19(7-9-20)8-10-21-4/h5-6,11,14,18,20H,7-10,12-13H2,1-4H3. The topological polar surface area (TPSA) is 44.7 Å². The Morgan fingerprint density at radius 2 is 2.05 bits per heavy atom. The molecule has 4 nitrogen and oxygen atoms in total. The van der Waals surface area contributed by atoms with Crippen molar-refractivity contribution in [3.05, 3.63) is 29.3 Å². The highest BCUT2D eigenvalue weighted by Crippen LogP contribution is 2.19. The van der Waals surface area contributed by atoms with Crippen LogP contribution in [-0.2, 0) is 11.3 Å². The maximum absolute atomic E-state index is 9.20. The average molecular weight is 294 g/mol. The van der Waals surface area contributed by atoms with Crippen molar-refractivity contribution in [1.82, 2.24) is 5.32 Å². The highest BCUT2D eigenvalue weighted by atomic mass is 16.5. The van der Waals surface area contributed by atoms with Gasteiger partial charge in [0.05, 0.1) is 13.2 Å². The van der Waals surface area contributed by atoms with Gasteiger partial charge in [-0.15, -0.1) is 0 Å². The lowest BCUT2D eigenvalue weighted by molar-refractivity contribution is 0.203. The minimum atomic E-state index is 0.153. The van der Waals surface area contributed by atoms with Crippen LogP contribution in [0.4, 0.5) is 5.69 Å². The maximum Gasteiger partial charge on any atom is 0.0637 e. The number of aliphatic hydroxyl groups excluding tert-OH is 1. The first-order valence-electron chi connectivity index (χ1n) is 7.73. The van der Waals surface area contributed by atoms with Crippen LogP contribution >= 0.6 is 0 Å². The number of benzene rings is 1. The Hall–Kier alpha value is -1.10. The fourth-order valence-corrected chi connectivity index (χ4v) is 2.26.